The molecule has 4 aromatic rings. The highest BCUT2D eigenvalue weighted by Crippen LogP contribution is 2.35. The highest BCUT2D eigenvalue weighted by molar-refractivity contribution is 6.06. The lowest BCUT2D eigenvalue weighted by Crippen LogP contribution is -2.16. The van der Waals surface area contributed by atoms with Gasteiger partial charge in [-0.25, -0.2) is 9.97 Å². The number of para-hydroxylation sites is 1. The molecule has 114 valence electrons. The monoisotopic (exact) mass is 307 g/mol. The van der Waals surface area contributed by atoms with Gasteiger partial charge in [0.2, 0.25) is 0 Å². The van der Waals surface area contributed by atoms with Crippen LogP contribution in [0.1, 0.15) is 33.4 Å². The summed E-state index contributed by atoms with van der Waals surface area (Å²) < 4.78 is 46.5. The Labute approximate surface area is 142 Å². The van der Waals surface area contributed by atoms with Gasteiger partial charge in [0.25, 0.3) is 0 Å². The first-order valence-corrected chi connectivity index (χ1v) is 7.38. The van der Waals surface area contributed by atoms with E-state index in [0.717, 1.165) is 5.39 Å². The fourth-order valence-corrected chi connectivity index (χ4v) is 2.46. The van der Waals surface area contributed by atoms with Crippen LogP contribution in [0.5, 0.6) is 0 Å². The lowest BCUT2D eigenvalue weighted by Gasteiger charge is -2.17. The molecule has 0 unspecified atom stereocenters. The quantitative estimate of drug-likeness (QED) is 0.476. The van der Waals surface area contributed by atoms with Crippen molar-refractivity contribution in [2.24, 2.45) is 0 Å². The molecule has 0 N–H and O–H groups in total. The molecule has 0 atom stereocenters. The second kappa shape index (κ2) is 4.92. The van der Waals surface area contributed by atoms with Crippen molar-refractivity contribution >= 4 is 22.1 Å². The van der Waals surface area contributed by atoms with Gasteiger partial charge in [-0.3, -0.25) is 0 Å². The lowest BCUT2D eigenvalue weighted by molar-refractivity contribution is 0.547. The van der Waals surface area contributed by atoms with Crippen LogP contribution in [0, 0.1) is 0 Å². The van der Waals surface area contributed by atoms with Crippen LogP contribution in [-0.4, -0.2) is 9.97 Å². The molecule has 0 aliphatic carbocycles. The van der Waals surface area contributed by atoms with E-state index in [-0.39, 0.29) is 23.3 Å². The van der Waals surface area contributed by atoms with Gasteiger partial charge in [-0.2, -0.15) is 0 Å². The third-order valence-corrected chi connectivity index (χ3v) is 3.63. The molecule has 2 heterocycles. The molecule has 0 aliphatic heterocycles. The molecular weight excluding hydrogens is 284 g/mol. The van der Waals surface area contributed by atoms with E-state index < -0.39 is 23.5 Å². The van der Waals surface area contributed by atoms with E-state index in [1.54, 1.807) is 6.07 Å². The maximum atomic E-state index is 8.33. The summed E-state index contributed by atoms with van der Waals surface area (Å²) in [6, 6.07) is 5.52. The largest absolute Gasteiger partial charge is 0.452 e. The molecule has 0 saturated heterocycles. The van der Waals surface area contributed by atoms with Gasteiger partial charge in [0.05, 0.1) is 6.85 Å². The van der Waals surface area contributed by atoms with Crippen LogP contribution >= 0.6 is 0 Å². The zero-order valence-electron chi connectivity index (χ0n) is 18.1. The van der Waals surface area contributed by atoms with E-state index >= 15 is 0 Å². The Morgan fingerprint density at radius 2 is 1.74 bits per heavy atom. The predicted octanol–water partition coefficient (Wildman–Crippen LogP) is 5.34. The van der Waals surface area contributed by atoms with Crippen molar-refractivity contribution < 1.29 is 11.3 Å². The van der Waals surface area contributed by atoms with Gasteiger partial charge in [-0.05, 0) is 12.1 Å². The molecule has 0 spiro atoms. The minimum atomic E-state index is -0.440. The van der Waals surface area contributed by atoms with Gasteiger partial charge in [0, 0.05) is 16.4 Å². The van der Waals surface area contributed by atoms with Crippen LogP contribution in [0.4, 0.5) is 0 Å². The van der Waals surface area contributed by atoms with Gasteiger partial charge in [0.1, 0.15) is 22.6 Å². The highest BCUT2D eigenvalue weighted by atomic mass is 16.3. The van der Waals surface area contributed by atoms with Crippen LogP contribution in [0.15, 0.2) is 58.9 Å². The number of hydrogen-bond donors (Lipinski definition) is 0. The number of benzene rings is 2. The van der Waals surface area contributed by atoms with Gasteiger partial charge < -0.3 is 4.42 Å². The third kappa shape index (κ3) is 2.29. The molecule has 2 aromatic heterocycles. The molecule has 3 heteroatoms. The van der Waals surface area contributed by atoms with Gasteiger partial charge in [0.15, 0.2) is 5.58 Å². The molecule has 3 nitrogen and oxygen atoms in total. The number of furan rings is 1. The van der Waals surface area contributed by atoms with E-state index in [9.17, 15) is 0 Å². The molecule has 0 saturated carbocycles. The summed E-state index contributed by atoms with van der Waals surface area (Å²) in [6.07, 6.45) is 0. The number of rotatable bonds is 1. The molecule has 0 aliphatic rings. The van der Waals surface area contributed by atoms with Crippen LogP contribution in [-0.2, 0) is 5.41 Å². The number of hydrogen-bond acceptors (Lipinski definition) is 3. The molecule has 0 fully saturated rings. The molecule has 0 bridgehead atoms. The summed E-state index contributed by atoms with van der Waals surface area (Å²) in [7, 11) is 0. The second-order valence-corrected chi connectivity index (χ2v) is 6.42. The average molecular weight is 307 g/mol. The van der Waals surface area contributed by atoms with Crippen LogP contribution in [0.25, 0.3) is 33.3 Å². The SMILES string of the molecule is [2H]c1c([2H])c([2H])c(-c2nc(C(C)(C)C)nc3c2oc2ccccc23)c([2H])c1[2H]. The molecule has 0 radical (unpaired) electrons. The molecular formula is C20H18N2O. The predicted molar refractivity (Wildman–Crippen MR) is 93.4 cm³/mol. The number of nitrogens with zero attached hydrogens (tertiary/aromatic N) is 2. The zero-order chi connectivity index (χ0) is 20.4. The Kier molecular flexibility index (Phi) is 2.02. The second-order valence-electron chi connectivity index (χ2n) is 6.42. The molecule has 2 aromatic carbocycles. The minimum Gasteiger partial charge on any atom is -0.452 e. The van der Waals surface area contributed by atoms with Crippen molar-refractivity contribution in [3.05, 3.63) is 60.3 Å². The van der Waals surface area contributed by atoms with Crippen molar-refractivity contribution in [2.45, 2.75) is 26.2 Å². The first-order chi connectivity index (χ1) is 13.1. The van der Waals surface area contributed by atoms with E-state index in [4.69, 9.17) is 11.3 Å². The molecule has 0 amide bonds. The van der Waals surface area contributed by atoms with E-state index in [2.05, 4.69) is 9.97 Å². The smallest absolute Gasteiger partial charge is 0.180 e. The highest BCUT2D eigenvalue weighted by Gasteiger charge is 2.23. The third-order valence-electron chi connectivity index (χ3n) is 3.63. The summed E-state index contributed by atoms with van der Waals surface area (Å²) in [5.41, 5.74) is 1.30. The Hall–Kier alpha value is -2.68. The standard InChI is InChI=1S/C20H18N2O/c1-20(2,3)19-21-16(13-9-5-4-6-10-13)18-17(22-19)14-11-7-8-12-15(14)23-18/h4-12H,1-3H3/i4D,5D,6D,9D,10D. The Bertz CT molecular complexity index is 1230. The van der Waals surface area contributed by atoms with Crippen molar-refractivity contribution in [3.63, 3.8) is 0 Å². The van der Waals surface area contributed by atoms with Crippen molar-refractivity contribution in [3.8, 4) is 11.3 Å². The maximum Gasteiger partial charge on any atom is 0.180 e. The fourth-order valence-electron chi connectivity index (χ4n) is 2.46. The first-order valence-electron chi connectivity index (χ1n) is 9.88. The Morgan fingerprint density at radius 3 is 2.48 bits per heavy atom. The lowest BCUT2D eigenvalue weighted by atomic mass is 9.95. The average Bonchev–Trinajstić information content (AvgIpc) is 3.03. The number of fused-ring (bicyclic) bond motifs is 3. The fraction of sp³-hybridized carbons (Fsp3) is 0.200. The zero-order valence-corrected chi connectivity index (χ0v) is 13.1. The van der Waals surface area contributed by atoms with E-state index in [0.29, 0.717) is 22.5 Å². The van der Waals surface area contributed by atoms with Crippen molar-refractivity contribution in [1.29, 1.82) is 0 Å². The van der Waals surface area contributed by atoms with Gasteiger partial charge in [-0.15, -0.1) is 0 Å². The summed E-state index contributed by atoms with van der Waals surface area (Å²) >= 11 is 0. The van der Waals surface area contributed by atoms with E-state index in [1.807, 2.05) is 39.0 Å². The van der Waals surface area contributed by atoms with Crippen LogP contribution in [0.2, 0.25) is 0 Å². The Balaban J connectivity index is 2.22. The van der Waals surface area contributed by atoms with Crippen molar-refractivity contribution in [2.75, 3.05) is 0 Å². The van der Waals surface area contributed by atoms with Crippen molar-refractivity contribution in [1.82, 2.24) is 9.97 Å². The topological polar surface area (TPSA) is 38.9 Å². The van der Waals surface area contributed by atoms with Gasteiger partial charge >= 0.3 is 0 Å². The maximum absolute atomic E-state index is 8.33. The first kappa shape index (κ1) is 9.46. The normalized spacial score (nSPS) is 15.2. The summed E-state index contributed by atoms with van der Waals surface area (Å²) in [4.78, 5) is 9.28. The number of aromatic nitrogens is 2. The van der Waals surface area contributed by atoms with Gasteiger partial charge in [-0.1, -0.05) is 63.1 Å². The summed E-state index contributed by atoms with van der Waals surface area (Å²) in [6.45, 7) is 5.88. The summed E-state index contributed by atoms with van der Waals surface area (Å²) in [5, 5.41) is 0.791. The van der Waals surface area contributed by atoms with E-state index in [1.165, 1.54) is 0 Å². The molecule has 4 rings (SSSR count). The Morgan fingerprint density at radius 1 is 1.00 bits per heavy atom. The van der Waals surface area contributed by atoms with Crippen LogP contribution in [0.3, 0.4) is 0 Å². The van der Waals surface area contributed by atoms with Crippen LogP contribution < -0.4 is 0 Å². The summed E-state index contributed by atoms with van der Waals surface area (Å²) in [5.74, 6) is 0.508. The molecule has 23 heavy (non-hydrogen) atoms. The minimum absolute atomic E-state index is 0.0166.